The quantitative estimate of drug-likeness (QED) is 0.763. The molecule has 3 rings (SSSR count). The first-order chi connectivity index (χ1) is 12.7. The van der Waals surface area contributed by atoms with Gasteiger partial charge in [-0.3, -0.25) is 5.10 Å². The molecule has 1 aliphatic heterocycles. The highest BCUT2D eigenvalue weighted by atomic mass is 16.5. The van der Waals surface area contributed by atoms with Crippen LogP contribution in [0.25, 0.3) is 11.3 Å². The van der Waals surface area contributed by atoms with Crippen LogP contribution in [0.4, 0.5) is 0 Å². The molecule has 1 atom stereocenters. The molecule has 142 valence electrons. The number of rotatable bonds is 8. The summed E-state index contributed by atoms with van der Waals surface area (Å²) in [5, 5.41) is 11.1. The Balaban J connectivity index is 1.53. The summed E-state index contributed by atoms with van der Waals surface area (Å²) in [6, 6.07) is 6.59. The molecule has 5 nitrogen and oxygen atoms in total. The number of piperidine rings is 1. The smallest absolute Gasteiger partial charge is 0.0695 e. The number of ether oxygens (including phenoxy) is 1. The van der Waals surface area contributed by atoms with E-state index in [9.17, 15) is 0 Å². The van der Waals surface area contributed by atoms with Gasteiger partial charge in [0.2, 0.25) is 0 Å². The number of benzene rings is 1. The SMILES string of the molecule is COCCN1CCCC(CNCc2cn[nH]c2-c2ccc(C)c(C)c2)C1. The van der Waals surface area contributed by atoms with E-state index in [-0.39, 0.29) is 0 Å². The maximum absolute atomic E-state index is 5.21. The van der Waals surface area contributed by atoms with Gasteiger partial charge in [-0.15, -0.1) is 0 Å². The Bertz CT molecular complexity index is 697. The lowest BCUT2D eigenvalue weighted by Crippen LogP contribution is -2.40. The first kappa shape index (κ1) is 19.1. The van der Waals surface area contributed by atoms with Crippen LogP contribution in [0, 0.1) is 19.8 Å². The molecule has 1 fully saturated rings. The van der Waals surface area contributed by atoms with E-state index in [0.29, 0.717) is 0 Å². The molecule has 2 heterocycles. The highest BCUT2D eigenvalue weighted by Crippen LogP contribution is 2.23. The van der Waals surface area contributed by atoms with Crippen molar-refractivity contribution in [1.82, 2.24) is 20.4 Å². The molecule has 2 N–H and O–H groups in total. The van der Waals surface area contributed by atoms with Crippen molar-refractivity contribution in [3.05, 3.63) is 41.1 Å². The molecule has 0 saturated carbocycles. The van der Waals surface area contributed by atoms with Gasteiger partial charge < -0.3 is 15.0 Å². The second-order valence-electron chi connectivity index (χ2n) is 7.50. The van der Waals surface area contributed by atoms with Crippen LogP contribution in [-0.2, 0) is 11.3 Å². The van der Waals surface area contributed by atoms with Crippen molar-refractivity contribution in [2.24, 2.45) is 5.92 Å². The molecular formula is C21H32N4O. The highest BCUT2D eigenvalue weighted by molar-refractivity contribution is 5.64. The third kappa shape index (κ3) is 4.93. The van der Waals surface area contributed by atoms with Gasteiger partial charge in [-0.2, -0.15) is 5.10 Å². The number of methoxy groups -OCH3 is 1. The van der Waals surface area contributed by atoms with Gasteiger partial charge in [0.1, 0.15) is 0 Å². The number of likely N-dealkylation sites (tertiary alicyclic amines) is 1. The molecule has 1 aromatic heterocycles. The summed E-state index contributed by atoms with van der Waals surface area (Å²) in [4.78, 5) is 2.53. The lowest BCUT2D eigenvalue weighted by Gasteiger charge is -2.32. The molecule has 1 aromatic carbocycles. The fourth-order valence-corrected chi connectivity index (χ4v) is 3.74. The highest BCUT2D eigenvalue weighted by Gasteiger charge is 2.19. The standard InChI is InChI=1S/C21H32N4O/c1-16-6-7-19(11-17(16)2)21-20(14-23-24-21)13-22-12-18-5-4-8-25(15-18)9-10-26-3/h6-7,11,14,18,22H,4-5,8-10,12-13,15H2,1-3H3,(H,23,24). The Labute approximate surface area is 157 Å². The molecule has 0 radical (unpaired) electrons. The van der Waals surface area contributed by atoms with Crippen LogP contribution >= 0.6 is 0 Å². The minimum atomic E-state index is 0.720. The third-order valence-electron chi connectivity index (χ3n) is 5.48. The molecule has 0 aliphatic carbocycles. The zero-order valence-corrected chi connectivity index (χ0v) is 16.3. The summed E-state index contributed by atoms with van der Waals surface area (Å²) in [6.45, 7) is 10.5. The van der Waals surface area contributed by atoms with Gasteiger partial charge in [-0.05, 0) is 62.9 Å². The summed E-state index contributed by atoms with van der Waals surface area (Å²) in [6.07, 6.45) is 4.55. The Kier molecular flexibility index (Phi) is 6.83. The number of aromatic amines is 1. The first-order valence-corrected chi connectivity index (χ1v) is 9.69. The first-order valence-electron chi connectivity index (χ1n) is 9.69. The van der Waals surface area contributed by atoms with Crippen molar-refractivity contribution >= 4 is 0 Å². The van der Waals surface area contributed by atoms with Crippen LogP contribution in [0.2, 0.25) is 0 Å². The predicted octanol–water partition coefficient (Wildman–Crippen LogP) is 3.14. The Morgan fingerprint density at radius 3 is 3.00 bits per heavy atom. The van der Waals surface area contributed by atoms with Gasteiger partial charge >= 0.3 is 0 Å². The Hall–Kier alpha value is -1.69. The average Bonchev–Trinajstić information content (AvgIpc) is 3.11. The maximum atomic E-state index is 5.21. The van der Waals surface area contributed by atoms with E-state index in [1.54, 1.807) is 7.11 Å². The van der Waals surface area contributed by atoms with Crippen LogP contribution in [0.3, 0.4) is 0 Å². The van der Waals surface area contributed by atoms with E-state index in [1.165, 1.54) is 48.2 Å². The summed E-state index contributed by atoms with van der Waals surface area (Å²) >= 11 is 0. The van der Waals surface area contributed by atoms with Gasteiger partial charge in [-0.1, -0.05) is 12.1 Å². The Morgan fingerprint density at radius 1 is 1.31 bits per heavy atom. The van der Waals surface area contributed by atoms with E-state index in [1.807, 2.05) is 6.20 Å². The van der Waals surface area contributed by atoms with Crippen molar-refractivity contribution in [2.45, 2.75) is 33.2 Å². The number of aromatic nitrogens is 2. The van der Waals surface area contributed by atoms with Gasteiger partial charge in [-0.25, -0.2) is 0 Å². The Morgan fingerprint density at radius 2 is 2.19 bits per heavy atom. The van der Waals surface area contributed by atoms with Crippen molar-refractivity contribution < 1.29 is 4.74 Å². The monoisotopic (exact) mass is 356 g/mol. The molecule has 0 amide bonds. The zero-order valence-electron chi connectivity index (χ0n) is 16.3. The minimum Gasteiger partial charge on any atom is -0.383 e. The fraction of sp³-hybridized carbons (Fsp3) is 0.571. The summed E-state index contributed by atoms with van der Waals surface area (Å²) in [5.74, 6) is 0.720. The van der Waals surface area contributed by atoms with Crippen molar-refractivity contribution in [3.63, 3.8) is 0 Å². The maximum Gasteiger partial charge on any atom is 0.0695 e. The topological polar surface area (TPSA) is 53.2 Å². The second kappa shape index (κ2) is 9.31. The predicted molar refractivity (Wildman–Crippen MR) is 106 cm³/mol. The summed E-state index contributed by atoms with van der Waals surface area (Å²) < 4.78 is 5.21. The molecular weight excluding hydrogens is 324 g/mol. The number of nitrogens with one attached hydrogen (secondary N) is 2. The number of hydrogen-bond donors (Lipinski definition) is 2. The van der Waals surface area contributed by atoms with E-state index in [0.717, 1.165) is 37.9 Å². The van der Waals surface area contributed by atoms with Crippen LogP contribution in [0.5, 0.6) is 0 Å². The zero-order chi connectivity index (χ0) is 18.4. The van der Waals surface area contributed by atoms with Crippen molar-refractivity contribution in [3.8, 4) is 11.3 Å². The minimum absolute atomic E-state index is 0.720. The van der Waals surface area contributed by atoms with Gasteiger partial charge in [0.15, 0.2) is 0 Å². The lowest BCUT2D eigenvalue weighted by atomic mass is 9.98. The fourth-order valence-electron chi connectivity index (χ4n) is 3.74. The molecule has 1 aliphatic rings. The molecule has 0 spiro atoms. The van der Waals surface area contributed by atoms with Crippen LogP contribution in [0.15, 0.2) is 24.4 Å². The van der Waals surface area contributed by atoms with E-state index >= 15 is 0 Å². The van der Waals surface area contributed by atoms with Gasteiger partial charge in [0.05, 0.1) is 18.5 Å². The van der Waals surface area contributed by atoms with Gasteiger partial charge in [0, 0.05) is 37.9 Å². The number of aryl methyl sites for hydroxylation is 2. The van der Waals surface area contributed by atoms with Crippen molar-refractivity contribution in [2.75, 3.05) is 39.9 Å². The molecule has 1 saturated heterocycles. The number of hydrogen-bond acceptors (Lipinski definition) is 4. The summed E-state index contributed by atoms with van der Waals surface area (Å²) in [7, 11) is 1.78. The van der Waals surface area contributed by atoms with E-state index < -0.39 is 0 Å². The third-order valence-corrected chi connectivity index (χ3v) is 5.48. The second-order valence-corrected chi connectivity index (χ2v) is 7.50. The summed E-state index contributed by atoms with van der Waals surface area (Å²) in [5.41, 5.74) is 6.22. The number of H-pyrrole nitrogens is 1. The lowest BCUT2D eigenvalue weighted by molar-refractivity contribution is 0.114. The van der Waals surface area contributed by atoms with E-state index in [4.69, 9.17) is 4.74 Å². The largest absolute Gasteiger partial charge is 0.383 e. The van der Waals surface area contributed by atoms with Gasteiger partial charge in [0.25, 0.3) is 0 Å². The van der Waals surface area contributed by atoms with Crippen LogP contribution in [0.1, 0.15) is 29.5 Å². The van der Waals surface area contributed by atoms with E-state index in [2.05, 4.69) is 52.5 Å². The molecule has 5 heteroatoms. The molecule has 2 aromatic rings. The van der Waals surface area contributed by atoms with Crippen molar-refractivity contribution in [1.29, 1.82) is 0 Å². The molecule has 1 unspecified atom stereocenters. The number of nitrogens with zero attached hydrogens (tertiary/aromatic N) is 2. The van der Waals surface area contributed by atoms with Crippen LogP contribution in [-0.4, -0.2) is 55.0 Å². The van der Waals surface area contributed by atoms with Crippen LogP contribution < -0.4 is 5.32 Å². The normalized spacial score (nSPS) is 18.3. The molecule has 26 heavy (non-hydrogen) atoms. The average molecular weight is 357 g/mol. The molecule has 0 bridgehead atoms.